The molecule has 46 heavy (non-hydrogen) atoms. The summed E-state index contributed by atoms with van der Waals surface area (Å²) >= 11 is 11.2. The fourth-order valence-corrected chi connectivity index (χ4v) is 4.91. The first-order chi connectivity index (χ1) is 21.8. The van der Waals surface area contributed by atoms with Crippen LogP contribution >= 0.6 is 24.4 Å². The molecule has 0 bridgehead atoms. The summed E-state index contributed by atoms with van der Waals surface area (Å²) in [6.45, 7) is 17.8. The van der Waals surface area contributed by atoms with Crippen LogP contribution in [0.2, 0.25) is 0 Å². The van der Waals surface area contributed by atoms with E-state index in [-0.39, 0.29) is 24.0 Å². The van der Waals surface area contributed by atoms with Crippen LogP contribution in [0.3, 0.4) is 0 Å². The maximum Gasteiger partial charge on any atom is 0.175 e. The molecule has 6 nitrogen and oxygen atoms in total. The van der Waals surface area contributed by atoms with E-state index in [1.54, 1.807) is 0 Å². The van der Waals surface area contributed by atoms with Crippen LogP contribution in [0.15, 0.2) is 109 Å². The van der Waals surface area contributed by atoms with E-state index in [1.807, 2.05) is 72.8 Å². The normalized spacial score (nSPS) is 11.3. The third kappa shape index (κ3) is 10.3. The molecule has 240 valence electrons. The van der Waals surface area contributed by atoms with E-state index in [0.717, 1.165) is 39.4 Å². The largest absolute Gasteiger partial charge is 0.487 e. The van der Waals surface area contributed by atoms with Crippen molar-refractivity contribution in [2.24, 2.45) is 0 Å². The van der Waals surface area contributed by atoms with Crippen molar-refractivity contribution in [1.82, 2.24) is 0 Å². The number of rotatable bonds is 10. The third-order valence-corrected chi connectivity index (χ3v) is 7.52. The Balaban J connectivity index is 1.43. The highest BCUT2D eigenvalue weighted by Gasteiger charge is 2.19. The smallest absolute Gasteiger partial charge is 0.175 e. The molecule has 4 aromatic carbocycles. The molecule has 0 aromatic heterocycles. The summed E-state index contributed by atoms with van der Waals surface area (Å²) in [5.74, 6) is 1.33. The summed E-state index contributed by atoms with van der Waals surface area (Å²) in [7, 11) is 0. The number of ether oxygens (including phenoxy) is 2. The maximum atomic E-state index is 6.26. The minimum absolute atomic E-state index is 0.0475. The standard InChI is InChI=1S/C38H44N4O2S2/c1-26(24-43-33-20-18-27(37(2,3)4)22-31(33)41-35(45)39-29-14-10-8-11-15-29)25-44-34-21-19-28(38(5,6)7)23-32(34)42-36(46)40-30-16-12-9-13-17-30/h8-23H,1,24-25H2,2-7H3,(H2,39,41,45)(H2,40,42,46). The summed E-state index contributed by atoms with van der Waals surface area (Å²) in [6.07, 6.45) is 0. The molecule has 8 heteroatoms. The average Bonchev–Trinajstić information content (AvgIpc) is 2.99. The summed E-state index contributed by atoms with van der Waals surface area (Å²) in [4.78, 5) is 0. The number of thiocarbonyl (C=S) groups is 2. The first-order valence-electron chi connectivity index (χ1n) is 15.3. The zero-order valence-corrected chi connectivity index (χ0v) is 29.1. The first kappa shape index (κ1) is 34.5. The Morgan fingerprint density at radius 3 is 1.28 bits per heavy atom. The minimum Gasteiger partial charge on any atom is -0.487 e. The molecule has 0 aliphatic heterocycles. The van der Waals surface area contributed by atoms with Crippen molar-refractivity contribution in [3.63, 3.8) is 0 Å². The van der Waals surface area contributed by atoms with Crippen molar-refractivity contribution < 1.29 is 9.47 Å². The molecule has 0 unspecified atom stereocenters. The van der Waals surface area contributed by atoms with Crippen molar-refractivity contribution in [3.05, 3.63) is 120 Å². The van der Waals surface area contributed by atoms with Crippen LogP contribution in [0, 0.1) is 0 Å². The van der Waals surface area contributed by atoms with Crippen molar-refractivity contribution in [2.45, 2.75) is 52.4 Å². The van der Waals surface area contributed by atoms with Gasteiger partial charge in [-0.05, 0) is 100 Å². The minimum atomic E-state index is -0.0475. The molecule has 0 fully saturated rings. The van der Waals surface area contributed by atoms with Gasteiger partial charge in [-0.1, -0.05) is 96.7 Å². The van der Waals surface area contributed by atoms with Gasteiger partial charge in [0.05, 0.1) is 11.4 Å². The van der Waals surface area contributed by atoms with Crippen LogP contribution in [-0.4, -0.2) is 23.4 Å². The van der Waals surface area contributed by atoms with Gasteiger partial charge < -0.3 is 30.7 Å². The fourth-order valence-electron chi connectivity index (χ4n) is 4.45. The lowest BCUT2D eigenvalue weighted by Crippen LogP contribution is -2.21. The molecule has 4 N–H and O–H groups in total. The Hall–Kier alpha value is -4.40. The second-order valence-electron chi connectivity index (χ2n) is 13.1. The van der Waals surface area contributed by atoms with Crippen molar-refractivity contribution in [1.29, 1.82) is 0 Å². The lowest BCUT2D eigenvalue weighted by molar-refractivity contribution is 0.303. The second kappa shape index (κ2) is 15.3. The lowest BCUT2D eigenvalue weighted by Gasteiger charge is -2.23. The molecule has 0 radical (unpaired) electrons. The summed E-state index contributed by atoms with van der Waals surface area (Å²) in [5.41, 5.74) is 6.35. The summed E-state index contributed by atoms with van der Waals surface area (Å²) < 4.78 is 12.5. The van der Waals surface area contributed by atoms with E-state index in [1.165, 1.54) is 0 Å². The van der Waals surface area contributed by atoms with Crippen LogP contribution in [0.1, 0.15) is 52.7 Å². The second-order valence-corrected chi connectivity index (χ2v) is 14.0. The predicted molar refractivity (Wildman–Crippen MR) is 203 cm³/mol. The van der Waals surface area contributed by atoms with Gasteiger partial charge in [-0.15, -0.1) is 0 Å². The van der Waals surface area contributed by atoms with Gasteiger partial charge in [-0.3, -0.25) is 0 Å². The number of benzene rings is 4. The molecule has 0 amide bonds. The van der Waals surface area contributed by atoms with E-state index < -0.39 is 0 Å². The van der Waals surface area contributed by atoms with Crippen LogP contribution in [0.5, 0.6) is 11.5 Å². The van der Waals surface area contributed by atoms with Crippen molar-refractivity contribution in [3.8, 4) is 11.5 Å². The van der Waals surface area contributed by atoms with Crippen LogP contribution in [0.4, 0.5) is 22.7 Å². The number of hydrogen-bond donors (Lipinski definition) is 4. The van der Waals surface area contributed by atoms with Crippen molar-refractivity contribution in [2.75, 3.05) is 34.5 Å². The Morgan fingerprint density at radius 1 is 0.565 bits per heavy atom. The quantitative estimate of drug-likeness (QED) is 0.0998. The molecule has 0 heterocycles. The van der Waals surface area contributed by atoms with Gasteiger partial charge >= 0.3 is 0 Å². The maximum absolute atomic E-state index is 6.26. The zero-order chi connectivity index (χ0) is 33.3. The van der Waals surface area contributed by atoms with E-state index in [2.05, 4.69) is 93.7 Å². The van der Waals surface area contributed by atoms with E-state index in [0.29, 0.717) is 21.7 Å². The molecule has 0 aliphatic carbocycles. The summed E-state index contributed by atoms with van der Waals surface area (Å²) in [6, 6.07) is 31.9. The van der Waals surface area contributed by atoms with Crippen molar-refractivity contribution >= 4 is 57.4 Å². The topological polar surface area (TPSA) is 66.6 Å². The van der Waals surface area contributed by atoms with Gasteiger partial charge in [0.15, 0.2) is 10.2 Å². The molecule has 0 spiro atoms. The number of nitrogens with one attached hydrogen (secondary N) is 4. The van der Waals surface area contributed by atoms with Gasteiger partial charge in [-0.2, -0.15) is 0 Å². The molecule has 0 saturated carbocycles. The Kier molecular flexibility index (Phi) is 11.4. The molecular formula is C38H44N4O2S2. The van der Waals surface area contributed by atoms with E-state index in [4.69, 9.17) is 33.9 Å². The highest BCUT2D eigenvalue weighted by atomic mass is 32.1. The van der Waals surface area contributed by atoms with Crippen LogP contribution < -0.4 is 30.7 Å². The van der Waals surface area contributed by atoms with Gasteiger partial charge in [0.2, 0.25) is 0 Å². The van der Waals surface area contributed by atoms with Crippen LogP contribution in [0.25, 0.3) is 0 Å². The highest BCUT2D eigenvalue weighted by Crippen LogP contribution is 2.34. The summed E-state index contributed by atoms with van der Waals surface area (Å²) in [5, 5.41) is 14.1. The Bertz CT molecular complexity index is 1540. The molecule has 4 rings (SSSR count). The molecule has 0 aliphatic rings. The fraction of sp³-hybridized carbons (Fsp3) is 0.263. The van der Waals surface area contributed by atoms with Gasteiger partial charge in [0.25, 0.3) is 0 Å². The van der Waals surface area contributed by atoms with Gasteiger partial charge in [0.1, 0.15) is 24.7 Å². The number of para-hydroxylation sites is 2. The van der Waals surface area contributed by atoms with E-state index in [9.17, 15) is 0 Å². The lowest BCUT2D eigenvalue weighted by atomic mass is 9.87. The Labute approximate surface area is 284 Å². The van der Waals surface area contributed by atoms with Gasteiger partial charge in [0, 0.05) is 11.4 Å². The first-order valence-corrected chi connectivity index (χ1v) is 16.1. The Morgan fingerprint density at radius 2 is 0.935 bits per heavy atom. The SMILES string of the molecule is C=C(COc1ccc(C(C)(C)C)cc1NC(=S)Nc1ccccc1)COc1ccc(C(C)(C)C)cc1NC(=S)Nc1ccccc1. The number of hydrogen-bond acceptors (Lipinski definition) is 4. The monoisotopic (exact) mass is 652 g/mol. The zero-order valence-electron chi connectivity index (χ0n) is 27.5. The molecule has 4 aromatic rings. The predicted octanol–water partition coefficient (Wildman–Crippen LogP) is 9.91. The third-order valence-electron chi connectivity index (χ3n) is 7.11. The molecule has 0 saturated heterocycles. The van der Waals surface area contributed by atoms with Gasteiger partial charge in [-0.25, -0.2) is 0 Å². The average molecular weight is 653 g/mol. The number of anilines is 4. The highest BCUT2D eigenvalue weighted by molar-refractivity contribution is 7.81. The molecular weight excluding hydrogens is 609 g/mol. The van der Waals surface area contributed by atoms with E-state index >= 15 is 0 Å². The molecule has 0 atom stereocenters. The van der Waals surface area contributed by atoms with Crippen LogP contribution in [-0.2, 0) is 10.8 Å².